The lowest BCUT2D eigenvalue weighted by Gasteiger charge is -2.11. The zero-order valence-electron chi connectivity index (χ0n) is 14.0. The summed E-state index contributed by atoms with van der Waals surface area (Å²) in [6, 6.07) is 9.85. The fraction of sp³-hybridized carbons (Fsp3) is 0.118. The molecular weight excluding hydrogens is 426 g/mol. The second-order valence-corrected chi connectivity index (χ2v) is 6.05. The van der Waals surface area contributed by atoms with Gasteiger partial charge in [-0.15, -0.1) is 0 Å². The average molecular weight is 435 g/mol. The SMILES string of the molecule is O=C(Nc1ccccc1)c1nc(-n2nc(C(F)(F)F)cc2C(F)(F)F)ccc1Cl. The molecule has 3 aromatic rings. The van der Waals surface area contributed by atoms with Crippen molar-refractivity contribution < 1.29 is 31.1 Å². The van der Waals surface area contributed by atoms with Crippen molar-refractivity contribution in [3.8, 4) is 5.82 Å². The van der Waals surface area contributed by atoms with Gasteiger partial charge < -0.3 is 5.32 Å². The highest BCUT2D eigenvalue weighted by Crippen LogP contribution is 2.36. The topological polar surface area (TPSA) is 59.8 Å². The number of alkyl halides is 6. The Hall–Kier alpha value is -3.08. The molecule has 0 spiro atoms. The van der Waals surface area contributed by atoms with Gasteiger partial charge in [0.05, 0.1) is 5.02 Å². The molecule has 0 saturated heterocycles. The standard InChI is InChI=1S/C17H9ClF6N4O/c18-10-6-7-13(26-14(10)15(29)25-9-4-2-1-3-5-9)28-12(17(22,23)24)8-11(27-28)16(19,20)21/h1-8H,(H,25,29). The number of hydrogen-bond acceptors (Lipinski definition) is 3. The first kappa shape index (κ1) is 20.6. The number of rotatable bonds is 3. The Bertz CT molecular complexity index is 1050. The molecule has 2 aromatic heterocycles. The summed E-state index contributed by atoms with van der Waals surface area (Å²) in [5.74, 6) is -1.52. The van der Waals surface area contributed by atoms with Gasteiger partial charge in [-0.25, -0.2) is 9.67 Å². The maximum Gasteiger partial charge on any atom is 0.435 e. The van der Waals surface area contributed by atoms with Crippen LogP contribution in [0.4, 0.5) is 32.0 Å². The van der Waals surface area contributed by atoms with Crippen molar-refractivity contribution in [3.05, 3.63) is 70.6 Å². The summed E-state index contributed by atoms with van der Waals surface area (Å²) in [4.78, 5) is 16.1. The monoisotopic (exact) mass is 434 g/mol. The first-order valence-electron chi connectivity index (χ1n) is 7.74. The average Bonchev–Trinajstić information content (AvgIpc) is 3.09. The van der Waals surface area contributed by atoms with Crippen molar-refractivity contribution in [1.29, 1.82) is 0 Å². The van der Waals surface area contributed by atoms with E-state index in [1.54, 1.807) is 30.3 Å². The molecule has 0 unspecified atom stereocenters. The molecule has 1 amide bonds. The van der Waals surface area contributed by atoms with Crippen molar-refractivity contribution in [3.63, 3.8) is 0 Å². The second kappa shape index (κ2) is 7.39. The lowest BCUT2D eigenvalue weighted by atomic mass is 10.3. The molecule has 0 aliphatic carbocycles. The molecule has 0 saturated carbocycles. The predicted octanol–water partition coefficient (Wildman–Crippen LogP) is 5.21. The summed E-state index contributed by atoms with van der Waals surface area (Å²) in [5, 5.41) is 5.19. The molecule has 5 nitrogen and oxygen atoms in total. The summed E-state index contributed by atoms with van der Waals surface area (Å²) in [7, 11) is 0. The highest BCUT2D eigenvalue weighted by molar-refractivity contribution is 6.34. The Morgan fingerprint density at radius 1 is 0.966 bits per heavy atom. The molecule has 0 bridgehead atoms. The minimum Gasteiger partial charge on any atom is -0.321 e. The summed E-state index contributed by atoms with van der Waals surface area (Å²) < 4.78 is 78.1. The molecular formula is C17H9ClF6N4O. The number of nitrogens with one attached hydrogen (secondary N) is 1. The van der Waals surface area contributed by atoms with Gasteiger partial charge in [-0.05, 0) is 24.3 Å². The molecule has 0 fully saturated rings. The van der Waals surface area contributed by atoms with Gasteiger partial charge in [-0.3, -0.25) is 4.79 Å². The number of nitrogens with zero attached hydrogens (tertiary/aromatic N) is 3. The van der Waals surface area contributed by atoms with Crippen LogP contribution in [0.3, 0.4) is 0 Å². The fourth-order valence-electron chi connectivity index (χ4n) is 2.32. The van der Waals surface area contributed by atoms with Crippen LogP contribution in [0.5, 0.6) is 0 Å². The molecule has 0 aliphatic heterocycles. The summed E-state index contributed by atoms with van der Waals surface area (Å²) in [6.45, 7) is 0. The van der Waals surface area contributed by atoms with Gasteiger partial charge in [0.2, 0.25) is 0 Å². The molecule has 2 heterocycles. The van der Waals surface area contributed by atoms with Gasteiger partial charge in [0.1, 0.15) is 5.69 Å². The number of pyridine rings is 1. The van der Waals surface area contributed by atoms with Crippen LogP contribution < -0.4 is 5.32 Å². The number of amides is 1. The Labute approximate surface area is 163 Å². The number of aromatic nitrogens is 3. The van der Waals surface area contributed by atoms with Crippen LogP contribution in [0.2, 0.25) is 5.02 Å². The molecule has 12 heteroatoms. The van der Waals surface area contributed by atoms with Crippen LogP contribution in [0.25, 0.3) is 5.82 Å². The number of anilines is 1. The zero-order valence-corrected chi connectivity index (χ0v) is 14.8. The Balaban J connectivity index is 2.06. The number of carbonyl (C=O) groups is 1. The largest absolute Gasteiger partial charge is 0.435 e. The summed E-state index contributed by atoms with van der Waals surface area (Å²) in [6.07, 6.45) is -10.3. The minimum absolute atomic E-state index is 0.0293. The summed E-state index contributed by atoms with van der Waals surface area (Å²) >= 11 is 5.90. The molecule has 0 radical (unpaired) electrons. The first-order chi connectivity index (χ1) is 13.5. The van der Waals surface area contributed by atoms with E-state index in [0.717, 1.165) is 12.1 Å². The van der Waals surface area contributed by atoms with E-state index in [0.29, 0.717) is 5.69 Å². The highest BCUT2D eigenvalue weighted by Gasteiger charge is 2.42. The van der Waals surface area contributed by atoms with E-state index >= 15 is 0 Å². The van der Waals surface area contributed by atoms with E-state index in [-0.39, 0.29) is 15.8 Å². The fourth-order valence-corrected chi connectivity index (χ4v) is 2.51. The van der Waals surface area contributed by atoms with Crippen molar-refractivity contribution in [2.45, 2.75) is 12.4 Å². The molecule has 1 N–H and O–H groups in total. The van der Waals surface area contributed by atoms with Crippen LogP contribution in [0.1, 0.15) is 21.9 Å². The van der Waals surface area contributed by atoms with Crippen molar-refractivity contribution >= 4 is 23.2 Å². The van der Waals surface area contributed by atoms with E-state index in [4.69, 9.17) is 11.6 Å². The molecule has 0 atom stereocenters. The number of carbonyl (C=O) groups excluding carboxylic acids is 1. The quantitative estimate of drug-likeness (QED) is 0.576. The van der Waals surface area contributed by atoms with Gasteiger partial charge in [0.25, 0.3) is 5.91 Å². The lowest BCUT2D eigenvalue weighted by Crippen LogP contribution is -2.18. The van der Waals surface area contributed by atoms with Crippen LogP contribution in [-0.2, 0) is 12.4 Å². The number of halogens is 7. The Morgan fingerprint density at radius 3 is 2.21 bits per heavy atom. The minimum atomic E-state index is -5.15. The van der Waals surface area contributed by atoms with Gasteiger partial charge in [0, 0.05) is 11.8 Å². The van der Waals surface area contributed by atoms with Crippen LogP contribution >= 0.6 is 11.6 Å². The van der Waals surface area contributed by atoms with E-state index in [9.17, 15) is 31.1 Å². The zero-order chi connectivity index (χ0) is 21.4. The van der Waals surface area contributed by atoms with Crippen LogP contribution in [0, 0.1) is 0 Å². The summed E-state index contributed by atoms with van der Waals surface area (Å²) in [5.41, 5.74) is -3.58. The first-order valence-corrected chi connectivity index (χ1v) is 8.12. The van der Waals surface area contributed by atoms with Gasteiger partial charge in [0.15, 0.2) is 17.2 Å². The predicted molar refractivity (Wildman–Crippen MR) is 90.8 cm³/mol. The molecule has 152 valence electrons. The van der Waals surface area contributed by atoms with E-state index < -0.39 is 41.2 Å². The third-order valence-electron chi connectivity index (χ3n) is 3.59. The van der Waals surface area contributed by atoms with Gasteiger partial charge in [-0.2, -0.15) is 31.4 Å². The third-order valence-corrected chi connectivity index (χ3v) is 3.89. The smallest absolute Gasteiger partial charge is 0.321 e. The number of benzene rings is 1. The van der Waals surface area contributed by atoms with Crippen molar-refractivity contribution in [2.24, 2.45) is 0 Å². The van der Waals surface area contributed by atoms with Crippen molar-refractivity contribution in [1.82, 2.24) is 14.8 Å². The molecule has 3 rings (SSSR count). The van der Waals surface area contributed by atoms with E-state index in [1.165, 1.54) is 0 Å². The van der Waals surface area contributed by atoms with Gasteiger partial charge in [-0.1, -0.05) is 29.8 Å². The highest BCUT2D eigenvalue weighted by atomic mass is 35.5. The van der Waals surface area contributed by atoms with Crippen molar-refractivity contribution in [2.75, 3.05) is 5.32 Å². The molecule has 29 heavy (non-hydrogen) atoms. The van der Waals surface area contributed by atoms with Gasteiger partial charge >= 0.3 is 12.4 Å². The van der Waals surface area contributed by atoms with Crippen LogP contribution in [0.15, 0.2) is 48.5 Å². The third kappa shape index (κ3) is 4.50. The Morgan fingerprint density at radius 2 is 1.62 bits per heavy atom. The normalized spacial score (nSPS) is 12.1. The molecule has 0 aliphatic rings. The number of para-hydroxylation sites is 1. The lowest BCUT2D eigenvalue weighted by molar-refractivity contribution is -0.143. The maximum atomic E-state index is 13.2. The molecule has 1 aromatic carbocycles. The maximum absolute atomic E-state index is 13.2. The van der Waals surface area contributed by atoms with E-state index in [2.05, 4.69) is 15.4 Å². The van der Waals surface area contributed by atoms with E-state index in [1.807, 2.05) is 0 Å². The second-order valence-electron chi connectivity index (χ2n) is 5.64. The van der Waals surface area contributed by atoms with Crippen LogP contribution in [-0.4, -0.2) is 20.7 Å². The number of hydrogen-bond donors (Lipinski definition) is 1. The Kier molecular flexibility index (Phi) is 5.26.